The molecule has 2 aromatic rings. The summed E-state index contributed by atoms with van der Waals surface area (Å²) in [5.41, 5.74) is 1.71. The van der Waals surface area contributed by atoms with E-state index in [0.717, 1.165) is 35.7 Å². The van der Waals surface area contributed by atoms with Crippen molar-refractivity contribution in [2.45, 2.75) is 39.3 Å². The summed E-state index contributed by atoms with van der Waals surface area (Å²) in [5, 5.41) is 3.82. The van der Waals surface area contributed by atoms with Crippen LogP contribution in [-0.2, 0) is 11.3 Å². The molecular formula is C19H24N2O4S. The predicted molar refractivity (Wildman–Crippen MR) is 100 cm³/mol. The van der Waals surface area contributed by atoms with Gasteiger partial charge in [0, 0.05) is 13.2 Å². The van der Waals surface area contributed by atoms with Crippen LogP contribution in [0.25, 0.3) is 0 Å². The molecule has 1 amide bonds. The standard InChI is InChI=1S/C19H24N2O4S/c1-12-18(26-13(2)21-12)19(22)20-10-14-6-7-16(17(9-14)23-3)25-11-15-5-4-8-24-15/h6-7,9,15H,4-5,8,10-11H2,1-3H3,(H,20,22). The largest absolute Gasteiger partial charge is 0.493 e. The van der Waals surface area contributed by atoms with E-state index in [4.69, 9.17) is 14.2 Å². The van der Waals surface area contributed by atoms with E-state index in [-0.39, 0.29) is 12.0 Å². The Morgan fingerprint density at radius 2 is 2.23 bits per heavy atom. The lowest BCUT2D eigenvalue weighted by molar-refractivity contribution is 0.0669. The van der Waals surface area contributed by atoms with Crippen molar-refractivity contribution in [1.82, 2.24) is 10.3 Å². The summed E-state index contributed by atoms with van der Waals surface area (Å²) in [4.78, 5) is 17.3. The smallest absolute Gasteiger partial charge is 0.263 e. The first-order valence-corrected chi connectivity index (χ1v) is 9.52. The third kappa shape index (κ3) is 4.53. The zero-order valence-corrected chi connectivity index (χ0v) is 16.1. The number of aromatic nitrogens is 1. The molecule has 3 rings (SSSR count). The minimum Gasteiger partial charge on any atom is -0.493 e. The van der Waals surface area contributed by atoms with Gasteiger partial charge in [0.1, 0.15) is 11.5 Å². The number of hydrogen-bond donors (Lipinski definition) is 1. The van der Waals surface area contributed by atoms with E-state index in [1.165, 1.54) is 11.3 Å². The third-order valence-electron chi connectivity index (χ3n) is 4.24. The highest BCUT2D eigenvalue weighted by molar-refractivity contribution is 7.13. The van der Waals surface area contributed by atoms with Crippen LogP contribution in [-0.4, -0.2) is 37.3 Å². The lowest BCUT2D eigenvalue weighted by atomic mass is 10.2. The predicted octanol–water partition coefficient (Wildman–Crippen LogP) is 3.26. The van der Waals surface area contributed by atoms with Crippen LogP contribution in [0.2, 0.25) is 0 Å². The number of rotatable bonds is 7. The molecule has 1 aliphatic heterocycles. The molecule has 1 fully saturated rings. The second-order valence-electron chi connectivity index (χ2n) is 6.26. The van der Waals surface area contributed by atoms with Crippen LogP contribution < -0.4 is 14.8 Å². The second-order valence-corrected chi connectivity index (χ2v) is 7.46. The molecule has 140 valence electrons. The number of amides is 1. The molecule has 7 heteroatoms. The topological polar surface area (TPSA) is 69.7 Å². The van der Waals surface area contributed by atoms with Gasteiger partial charge in [0.15, 0.2) is 11.5 Å². The molecule has 6 nitrogen and oxygen atoms in total. The zero-order valence-electron chi connectivity index (χ0n) is 15.3. The minimum absolute atomic E-state index is 0.106. The molecule has 1 aromatic heterocycles. The summed E-state index contributed by atoms with van der Waals surface area (Å²) in [6, 6.07) is 5.69. The van der Waals surface area contributed by atoms with Gasteiger partial charge in [-0.15, -0.1) is 11.3 Å². The molecule has 0 bridgehead atoms. The fraction of sp³-hybridized carbons (Fsp3) is 0.474. The molecule has 2 heterocycles. The van der Waals surface area contributed by atoms with Crippen LogP contribution in [0.4, 0.5) is 0 Å². The van der Waals surface area contributed by atoms with Gasteiger partial charge < -0.3 is 19.5 Å². The second kappa shape index (κ2) is 8.51. The van der Waals surface area contributed by atoms with E-state index < -0.39 is 0 Å². The van der Waals surface area contributed by atoms with E-state index in [0.29, 0.717) is 29.5 Å². The number of benzene rings is 1. The number of carbonyl (C=O) groups is 1. The van der Waals surface area contributed by atoms with Crippen LogP contribution in [0.3, 0.4) is 0 Å². The fourth-order valence-corrected chi connectivity index (χ4v) is 3.74. The van der Waals surface area contributed by atoms with Crippen molar-refractivity contribution in [3.8, 4) is 11.5 Å². The average molecular weight is 376 g/mol. The Bertz CT molecular complexity index is 769. The van der Waals surface area contributed by atoms with Gasteiger partial charge >= 0.3 is 0 Å². The molecule has 1 saturated heterocycles. The maximum Gasteiger partial charge on any atom is 0.263 e. The number of hydrogen-bond acceptors (Lipinski definition) is 6. The van der Waals surface area contributed by atoms with E-state index in [1.54, 1.807) is 7.11 Å². The normalized spacial score (nSPS) is 16.5. The molecule has 1 atom stereocenters. The molecule has 1 unspecified atom stereocenters. The van der Waals surface area contributed by atoms with E-state index in [9.17, 15) is 4.79 Å². The summed E-state index contributed by atoms with van der Waals surface area (Å²) in [7, 11) is 1.61. The molecule has 0 radical (unpaired) electrons. The maximum absolute atomic E-state index is 12.3. The Morgan fingerprint density at radius 1 is 1.38 bits per heavy atom. The summed E-state index contributed by atoms with van der Waals surface area (Å²) in [6.07, 6.45) is 2.27. The Labute approximate surface area is 157 Å². The van der Waals surface area contributed by atoms with Gasteiger partial charge in [0.25, 0.3) is 5.91 Å². The number of nitrogens with one attached hydrogen (secondary N) is 1. The van der Waals surface area contributed by atoms with Gasteiger partial charge in [-0.3, -0.25) is 4.79 Å². The first kappa shape index (κ1) is 18.7. The quantitative estimate of drug-likeness (QED) is 0.803. The molecule has 0 aliphatic carbocycles. The van der Waals surface area contributed by atoms with Crippen molar-refractivity contribution in [2.75, 3.05) is 20.3 Å². The van der Waals surface area contributed by atoms with E-state index in [2.05, 4.69) is 10.3 Å². The van der Waals surface area contributed by atoms with Crippen molar-refractivity contribution >= 4 is 17.2 Å². The van der Waals surface area contributed by atoms with Crippen LogP contribution in [0, 0.1) is 13.8 Å². The Hall–Kier alpha value is -2.12. The third-order valence-corrected chi connectivity index (χ3v) is 5.31. The highest BCUT2D eigenvalue weighted by atomic mass is 32.1. The van der Waals surface area contributed by atoms with Crippen molar-refractivity contribution in [3.05, 3.63) is 39.3 Å². The van der Waals surface area contributed by atoms with Gasteiger partial charge in [-0.1, -0.05) is 6.07 Å². The highest BCUT2D eigenvalue weighted by Crippen LogP contribution is 2.29. The average Bonchev–Trinajstić information content (AvgIpc) is 3.27. The van der Waals surface area contributed by atoms with Crippen molar-refractivity contribution < 1.29 is 19.0 Å². The van der Waals surface area contributed by atoms with Gasteiger partial charge in [0.2, 0.25) is 0 Å². The lowest BCUT2D eigenvalue weighted by Gasteiger charge is -2.15. The highest BCUT2D eigenvalue weighted by Gasteiger charge is 2.17. The number of carbonyl (C=O) groups excluding carboxylic acids is 1. The fourth-order valence-electron chi connectivity index (χ4n) is 2.90. The van der Waals surface area contributed by atoms with Gasteiger partial charge in [-0.05, 0) is 44.4 Å². The molecule has 0 spiro atoms. The first-order valence-electron chi connectivity index (χ1n) is 8.70. The first-order chi connectivity index (χ1) is 12.6. The van der Waals surface area contributed by atoms with Crippen LogP contribution >= 0.6 is 11.3 Å². The zero-order chi connectivity index (χ0) is 18.5. The number of aryl methyl sites for hydroxylation is 2. The van der Waals surface area contributed by atoms with Crippen molar-refractivity contribution in [3.63, 3.8) is 0 Å². The number of ether oxygens (including phenoxy) is 3. The molecule has 1 aliphatic rings. The number of nitrogens with zero attached hydrogens (tertiary/aromatic N) is 1. The summed E-state index contributed by atoms with van der Waals surface area (Å²) in [5.74, 6) is 1.23. The molecular weight excluding hydrogens is 352 g/mol. The van der Waals surface area contributed by atoms with Gasteiger partial charge in [0.05, 0.1) is 23.9 Å². The molecule has 1 N–H and O–H groups in total. The SMILES string of the molecule is COc1cc(CNC(=O)c2sc(C)nc2C)ccc1OCC1CCCO1. The van der Waals surface area contributed by atoms with Gasteiger partial charge in [-0.25, -0.2) is 4.98 Å². The van der Waals surface area contributed by atoms with Crippen molar-refractivity contribution in [1.29, 1.82) is 0 Å². The monoisotopic (exact) mass is 376 g/mol. The molecule has 1 aromatic carbocycles. The number of thiazole rings is 1. The van der Waals surface area contributed by atoms with Crippen LogP contribution in [0.1, 0.15) is 38.8 Å². The Kier molecular flexibility index (Phi) is 6.11. The maximum atomic E-state index is 12.3. The van der Waals surface area contributed by atoms with E-state index >= 15 is 0 Å². The van der Waals surface area contributed by atoms with Crippen molar-refractivity contribution in [2.24, 2.45) is 0 Å². The minimum atomic E-state index is -0.106. The van der Waals surface area contributed by atoms with E-state index in [1.807, 2.05) is 32.0 Å². The lowest BCUT2D eigenvalue weighted by Crippen LogP contribution is -2.22. The number of methoxy groups -OCH3 is 1. The van der Waals surface area contributed by atoms with Crippen LogP contribution in [0.15, 0.2) is 18.2 Å². The Balaban J connectivity index is 1.59. The van der Waals surface area contributed by atoms with Crippen LogP contribution in [0.5, 0.6) is 11.5 Å². The summed E-state index contributed by atoms with van der Waals surface area (Å²) >= 11 is 1.41. The molecule has 0 saturated carbocycles. The summed E-state index contributed by atoms with van der Waals surface area (Å²) in [6.45, 7) is 5.49. The van der Waals surface area contributed by atoms with Gasteiger partial charge in [-0.2, -0.15) is 0 Å². The molecule has 26 heavy (non-hydrogen) atoms. The Morgan fingerprint density at radius 3 is 2.88 bits per heavy atom. The summed E-state index contributed by atoms with van der Waals surface area (Å²) < 4.78 is 16.8.